The minimum absolute atomic E-state index is 0. The van der Waals surface area contributed by atoms with E-state index in [0.717, 1.165) is 6.42 Å². The van der Waals surface area contributed by atoms with Gasteiger partial charge in [-0.15, -0.1) is 0 Å². The van der Waals surface area contributed by atoms with E-state index >= 15 is 0 Å². The van der Waals surface area contributed by atoms with Gasteiger partial charge in [0.05, 0.1) is 6.61 Å². The van der Waals surface area contributed by atoms with Crippen molar-refractivity contribution in [1.29, 1.82) is 0 Å². The molecule has 0 heterocycles. The summed E-state index contributed by atoms with van der Waals surface area (Å²) in [6.07, 6.45) is 0.963. The normalized spacial score (nSPS) is 10.8. The first kappa shape index (κ1) is 18.5. The van der Waals surface area contributed by atoms with Crippen LogP contribution in [0, 0.1) is 0 Å². The van der Waals surface area contributed by atoms with Crippen molar-refractivity contribution in [3.05, 3.63) is 29.8 Å². The van der Waals surface area contributed by atoms with Gasteiger partial charge in [0, 0.05) is 0 Å². The molecule has 0 saturated carbocycles. The minimum Gasteiger partial charge on any atom is -0.746 e. The van der Waals surface area contributed by atoms with Gasteiger partial charge in [0.2, 0.25) is 0 Å². The largest absolute Gasteiger partial charge is 1.00 e. The Labute approximate surface area is 150 Å². The molecule has 7 heteroatoms. The van der Waals surface area contributed by atoms with Crippen molar-refractivity contribution in [3.63, 3.8) is 0 Å². The molecule has 1 aromatic carbocycles. The molecule has 0 aromatic heterocycles. The molecule has 0 fully saturated rings. The van der Waals surface area contributed by atoms with Gasteiger partial charge < -0.3 is 14.0 Å². The van der Waals surface area contributed by atoms with Crippen molar-refractivity contribution < 1.29 is 73.8 Å². The Morgan fingerprint density at radius 3 is 2.28 bits per heavy atom. The van der Waals surface area contributed by atoms with Crippen molar-refractivity contribution in [2.75, 3.05) is 19.2 Å². The zero-order valence-electron chi connectivity index (χ0n) is 10.6. The van der Waals surface area contributed by atoms with Crippen molar-refractivity contribution in [2.45, 2.75) is 13.3 Å². The Bertz CT molecular complexity index is 429. The maximum atomic E-state index is 10.2. The molecule has 0 aliphatic carbocycles. The molecule has 0 amide bonds. The molecule has 5 nitrogen and oxygen atoms in total. The average Bonchev–Trinajstić information content (AvgIpc) is 2.28. The molecule has 18 heavy (non-hydrogen) atoms. The molecular formula is C11H15KO5S. The van der Waals surface area contributed by atoms with E-state index in [0.29, 0.717) is 5.75 Å². The van der Waals surface area contributed by atoms with Gasteiger partial charge in [-0.1, -0.05) is 19.1 Å². The molecular weight excluding hydrogens is 283 g/mol. The minimum atomic E-state index is -4.31. The first-order valence-corrected chi connectivity index (χ1v) is 6.82. The zero-order chi connectivity index (χ0) is 12.7. The van der Waals surface area contributed by atoms with Crippen molar-refractivity contribution in [1.82, 2.24) is 0 Å². The first-order valence-electron chi connectivity index (χ1n) is 5.24. The second kappa shape index (κ2) is 9.43. The number of aryl methyl sites for hydroxylation is 1. The summed E-state index contributed by atoms with van der Waals surface area (Å²) < 4.78 is 40.6. The quantitative estimate of drug-likeness (QED) is 0.336. The Morgan fingerprint density at radius 2 is 1.78 bits per heavy atom. The van der Waals surface area contributed by atoms with Crippen molar-refractivity contribution in [3.8, 4) is 5.75 Å². The van der Waals surface area contributed by atoms with Gasteiger partial charge in [0.1, 0.15) is 28.4 Å². The van der Waals surface area contributed by atoms with Gasteiger partial charge >= 0.3 is 51.4 Å². The van der Waals surface area contributed by atoms with E-state index in [1.165, 1.54) is 5.56 Å². The van der Waals surface area contributed by atoms with E-state index in [9.17, 15) is 13.0 Å². The first-order chi connectivity index (χ1) is 8.01. The number of ether oxygens (including phenoxy) is 2. The van der Waals surface area contributed by atoms with Crippen LogP contribution in [0.4, 0.5) is 0 Å². The Balaban J connectivity index is 0.00000289. The molecule has 0 bridgehead atoms. The van der Waals surface area contributed by atoms with Crippen LogP contribution in [0.25, 0.3) is 0 Å². The van der Waals surface area contributed by atoms with Crippen molar-refractivity contribution in [2.24, 2.45) is 0 Å². The summed E-state index contributed by atoms with van der Waals surface area (Å²) in [5.74, 6) is -0.124. The summed E-state index contributed by atoms with van der Waals surface area (Å²) in [5, 5.41) is 0. The number of rotatable bonds is 7. The second-order valence-corrected chi connectivity index (χ2v) is 4.78. The van der Waals surface area contributed by atoms with Gasteiger partial charge in [0.15, 0.2) is 0 Å². The summed E-state index contributed by atoms with van der Waals surface area (Å²) in [7, 11) is -4.31. The molecule has 1 aromatic rings. The third kappa shape index (κ3) is 8.60. The average molecular weight is 298 g/mol. The second-order valence-electron chi connectivity index (χ2n) is 3.43. The summed E-state index contributed by atoms with van der Waals surface area (Å²) >= 11 is 0. The van der Waals surface area contributed by atoms with E-state index in [-0.39, 0.29) is 64.6 Å². The molecule has 0 aliphatic heterocycles. The fraction of sp³-hybridized carbons (Fsp3) is 0.455. The summed E-state index contributed by atoms with van der Waals surface area (Å²) in [6.45, 7) is 2.34. The van der Waals surface area contributed by atoms with E-state index in [1.54, 1.807) is 0 Å². The summed E-state index contributed by atoms with van der Waals surface area (Å²) in [4.78, 5) is 0. The van der Waals surface area contributed by atoms with Gasteiger partial charge in [-0.05, 0) is 24.1 Å². The van der Waals surface area contributed by atoms with Gasteiger partial charge in [0.25, 0.3) is 0 Å². The molecule has 96 valence electrons. The molecule has 0 saturated heterocycles. The van der Waals surface area contributed by atoms with Crippen LogP contribution < -0.4 is 56.1 Å². The van der Waals surface area contributed by atoms with Crippen molar-refractivity contribution >= 4 is 10.1 Å². The number of hydrogen-bond donors (Lipinski definition) is 0. The molecule has 0 spiro atoms. The smallest absolute Gasteiger partial charge is 0.746 e. The maximum Gasteiger partial charge on any atom is 1.00 e. The Kier molecular flexibility index (Phi) is 9.71. The van der Waals surface area contributed by atoms with Gasteiger partial charge in [-0.2, -0.15) is 0 Å². The monoisotopic (exact) mass is 298 g/mol. The Hall–Kier alpha value is 0.526. The fourth-order valence-electron chi connectivity index (χ4n) is 1.20. The SMILES string of the molecule is CCc1ccc(OCCOCS(=O)(=O)[O-])cc1.[K+]. The van der Waals surface area contributed by atoms with Crippen LogP contribution in [0.15, 0.2) is 24.3 Å². The van der Waals surface area contributed by atoms with E-state index in [2.05, 4.69) is 11.7 Å². The van der Waals surface area contributed by atoms with E-state index in [4.69, 9.17) is 4.74 Å². The van der Waals surface area contributed by atoms with Gasteiger partial charge in [-0.25, -0.2) is 8.42 Å². The van der Waals surface area contributed by atoms with E-state index in [1.807, 2.05) is 24.3 Å². The fourth-order valence-corrected chi connectivity index (χ4v) is 1.52. The molecule has 0 aliphatic rings. The molecule has 0 atom stereocenters. The Morgan fingerprint density at radius 1 is 1.17 bits per heavy atom. The predicted molar refractivity (Wildman–Crippen MR) is 61.8 cm³/mol. The third-order valence-corrected chi connectivity index (χ3v) is 2.51. The predicted octanol–water partition coefficient (Wildman–Crippen LogP) is -1.85. The van der Waals surface area contributed by atoms with Gasteiger partial charge in [-0.3, -0.25) is 0 Å². The van der Waals surface area contributed by atoms with Crippen LogP contribution in [0.5, 0.6) is 5.75 Å². The summed E-state index contributed by atoms with van der Waals surface area (Å²) in [5.41, 5.74) is 1.21. The molecule has 1 rings (SSSR count). The number of hydrogen-bond acceptors (Lipinski definition) is 5. The van der Waals surface area contributed by atoms with Crippen LogP contribution in [0.2, 0.25) is 0 Å². The summed E-state index contributed by atoms with van der Waals surface area (Å²) in [6, 6.07) is 7.59. The standard InChI is InChI=1S/C11H16O5S.K/c1-2-10-3-5-11(6-4-10)16-8-7-15-9-17(12,13)14;/h3-6H,2,7-9H2,1H3,(H,12,13,14);/q;+1/p-1. The maximum absolute atomic E-state index is 10.2. The third-order valence-electron chi connectivity index (χ3n) is 2.06. The van der Waals surface area contributed by atoms with E-state index < -0.39 is 16.1 Å². The number of benzene rings is 1. The molecule has 0 unspecified atom stereocenters. The molecule has 0 radical (unpaired) electrons. The van der Waals surface area contributed by atoms with Crippen LogP contribution in [-0.4, -0.2) is 32.1 Å². The molecule has 0 N–H and O–H groups in total. The zero-order valence-corrected chi connectivity index (χ0v) is 14.5. The van der Waals surface area contributed by atoms with Crippen LogP contribution in [0.1, 0.15) is 12.5 Å². The van der Waals surface area contributed by atoms with Crippen LogP contribution in [0.3, 0.4) is 0 Å². The van der Waals surface area contributed by atoms with Crippen LogP contribution in [-0.2, 0) is 21.3 Å². The topological polar surface area (TPSA) is 75.7 Å². The van der Waals surface area contributed by atoms with Crippen LogP contribution >= 0.6 is 0 Å².